The van der Waals surface area contributed by atoms with Gasteiger partial charge in [-0.05, 0) is 12.3 Å². The summed E-state index contributed by atoms with van der Waals surface area (Å²) in [5.74, 6) is 0.944. The van der Waals surface area contributed by atoms with Gasteiger partial charge in [0, 0.05) is 6.54 Å². The van der Waals surface area contributed by atoms with Gasteiger partial charge in [0.25, 0.3) is 0 Å². The first-order valence-electron chi connectivity index (χ1n) is 5.30. The van der Waals surface area contributed by atoms with E-state index in [0.29, 0.717) is 0 Å². The molecule has 3 N–H and O–H groups in total. The van der Waals surface area contributed by atoms with Gasteiger partial charge in [-0.25, -0.2) is 4.98 Å². The molecule has 0 unspecified atom stereocenters. The van der Waals surface area contributed by atoms with E-state index >= 15 is 0 Å². The number of nitrogens with zero attached hydrogens (tertiary/aromatic N) is 1. The number of thiazole rings is 1. The Morgan fingerprint density at radius 3 is 2.93 bits per heavy atom. The van der Waals surface area contributed by atoms with Crippen LogP contribution < -0.4 is 11.1 Å². The predicted octanol–water partition coefficient (Wildman–Crippen LogP) is 2.72. The third-order valence-electron chi connectivity index (χ3n) is 2.83. The fourth-order valence-corrected chi connectivity index (χ4v) is 2.66. The highest BCUT2D eigenvalue weighted by Crippen LogP contribution is 2.27. The first-order chi connectivity index (χ1) is 6.84. The Labute approximate surface area is 88.7 Å². The van der Waals surface area contributed by atoms with E-state index in [4.69, 9.17) is 5.73 Å². The molecule has 1 fully saturated rings. The van der Waals surface area contributed by atoms with E-state index in [1.54, 1.807) is 6.20 Å². The number of aromatic nitrogens is 1. The largest absolute Gasteiger partial charge is 0.389 e. The first kappa shape index (κ1) is 9.77. The van der Waals surface area contributed by atoms with E-state index in [-0.39, 0.29) is 0 Å². The lowest BCUT2D eigenvalue weighted by molar-refractivity contribution is 0.518. The van der Waals surface area contributed by atoms with E-state index in [1.165, 1.54) is 43.4 Å². The van der Waals surface area contributed by atoms with Crippen molar-refractivity contribution >= 4 is 21.5 Å². The molecule has 1 saturated carbocycles. The summed E-state index contributed by atoms with van der Waals surface area (Å²) in [5, 5.41) is 5.06. The zero-order valence-electron chi connectivity index (χ0n) is 8.33. The van der Waals surface area contributed by atoms with Gasteiger partial charge in [0.2, 0.25) is 0 Å². The van der Waals surface area contributed by atoms with Crippen LogP contribution >= 0.6 is 11.3 Å². The number of hydrogen-bond donors (Lipinski definition) is 2. The molecule has 0 amide bonds. The maximum absolute atomic E-state index is 5.59. The van der Waals surface area contributed by atoms with E-state index in [0.717, 1.165) is 22.6 Å². The highest BCUT2D eigenvalue weighted by Gasteiger charge is 2.14. The van der Waals surface area contributed by atoms with Crippen LogP contribution in [0.1, 0.15) is 32.1 Å². The SMILES string of the molecule is Nc1cnc(NCCC2CCCC2)s1. The summed E-state index contributed by atoms with van der Waals surface area (Å²) in [5.41, 5.74) is 5.59. The molecule has 78 valence electrons. The third kappa shape index (κ3) is 2.61. The summed E-state index contributed by atoms with van der Waals surface area (Å²) >= 11 is 1.53. The Kier molecular flexibility index (Phi) is 3.24. The smallest absolute Gasteiger partial charge is 0.184 e. The summed E-state index contributed by atoms with van der Waals surface area (Å²) in [6.07, 6.45) is 8.68. The van der Waals surface area contributed by atoms with E-state index < -0.39 is 0 Å². The summed E-state index contributed by atoms with van der Waals surface area (Å²) in [6, 6.07) is 0. The predicted molar refractivity (Wildman–Crippen MR) is 61.6 cm³/mol. The Morgan fingerprint density at radius 2 is 2.29 bits per heavy atom. The lowest BCUT2D eigenvalue weighted by Crippen LogP contribution is -2.06. The number of nitrogens with one attached hydrogen (secondary N) is 1. The molecular formula is C10H17N3S. The number of nitrogens with two attached hydrogens (primary N) is 1. The maximum atomic E-state index is 5.59. The molecule has 0 atom stereocenters. The zero-order chi connectivity index (χ0) is 9.80. The maximum Gasteiger partial charge on any atom is 0.184 e. The van der Waals surface area contributed by atoms with E-state index in [2.05, 4.69) is 10.3 Å². The van der Waals surface area contributed by atoms with Crippen LogP contribution in [0.3, 0.4) is 0 Å². The average molecular weight is 211 g/mol. The summed E-state index contributed by atoms with van der Waals surface area (Å²) in [6.45, 7) is 1.04. The standard InChI is InChI=1S/C10H17N3S/c11-9-7-13-10(14-9)12-6-5-8-3-1-2-4-8/h7-8H,1-6,11H2,(H,12,13). The molecule has 3 nitrogen and oxygen atoms in total. The monoisotopic (exact) mass is 211 g/mol. The quantitative estimate of drug-likeness (QED) is 0.805. The minimum atomic E-state index is 0.786. The van der Waals surface area contributed by atoms with Crippen LogP contribution in [-0.4, -0.2) is 11.5 Å². The van der Waals surface area contributed by atoms with Crippen molar-refractivity contribution in [2.45, 2.75) is 32.1 Å². The van der Waals surface area contributed by atoms with Crippen molar-refractivity contribution in [1.29, 1.82) is 0 Å². The molecule has 4 heteroatoms. The number of hydrogen-bond acceptors (Lipinski definition) is 4. The molecule has 1 heterocycles. The molecule has 0 radical (unpaired) electrons. The van der Waals surface area contributed by atoms with Crippen LogP contribution in [0.25, 0.3) is 0 Å². The van der Waals surface area contributed by atoms with Crippen LogP contribution in [-0.2, 0) is 0 Å². The highest BCUT2D eigenvalue weighted by atomic mass is 32.1. The van der Waals surface area contributed by atoms with Crippen molar-refractivity contribution in [1.82, 2.24) is 4.98 Å². The van der Waals surface area contributed by atoms with E-state index in [9.17, 15) is 0 Å². The van der Waals surface area contributed by atoms with Gasteiger partial charge in [0.1, 0.15) is 5.00 Å². The van der Waals surface area contributed by atoms with Crippen molar-refractivity contribution in [3.8, 4) is 0 Å². The first-order valence-corrected chi connectivity index (χ1v) is 6.11. The molecule has 1 aromatic heterocycles. The van der Waals surface area contributed by atoms with Crippen molar-refractivity contribution in [3.05, 3.63) is 6.20 Å². The Morgan fingerprint density at radius 1 is 1.50 bits per heavy atom. The van der Waals surface area contributed by atoms with Crippen LogP contribution in [0.5, 0.6) is 0 Å². The average Bonchev–Trinajstić information content (AvgIpc) is 2.77. The molecule has 1 aliphatic carbocycles. The minimum Gasteiger partial charge on any atom is -0.389 e. The second kappa shape index (κ2) is 4.64. The van der Waals surface area contributed by atoms with Crippen molar-refractivity contribution in [3.63, 3.8) is 0 Å². The van der Waals surface area contributed by atoms with Gasteiger partial charge in [-0.15, -0.1) is 0 Å². The molecule has 2 rings (SSSR count). The normalized spacial score (nSPS) is 17.4. The number of nitrogen functional groups attached to an aromatic ring is 1. The van der Waals surface area contributed by atoms with Gasteiger partial charge in [-0.3, -0.25) is 0 Å². The third-order valence-corrected chi connectivity index (χ3v) is 3.61. The van der Waals surface area contributed by atoms with Crippen LogP contribution in [0, 0.1) is 5.92 Å². The second-order valence-electron chi connectivity index (χ2n) is 3.93. The topological polar surface area (TPSA) is 50.9 Å². The lowest BCUT2D eigenvalue weighted by Gasteiger charge is -2.08. The number of anilines is 2. The molecule has 0 aromatic carbocycles. The molecule has 0 spiro atoms. The summed E-state index contributed by atoms with van der Waals surface area (Å²) < 4.78 is 0. The van der Waals surface area contributed by atoms with Gasteiger partial charge in [0.15, 0.2) is 5.13 Å². The molecule has 1 aromatic rings. The fourth-order valence-electron chi connectivity index (χ4n) is 2.05. The molecule has 1 aliphatic rings. The summed E-state index contributed by atoms with van der Waals surface area (Å²) in [4.78, 5) is 4.16. The molecule has 0 saturated heterocycles. The molecule has 14 heavy (non-hydrogen) atoms. The van der Waals surface area contributed by atoms with Crippen LogP contribution in [0.2, 0.25) is 0 Å². The van der Waals surface area contributed by atoms with Gasteiger partial charge in [-0.1, -0.05) is 37.0 Å². The van der Waals surface area contributed by atoms with Gasteiger partial charge >= 0.3 is 0 Å². The van der Waals surface area contributed by atoms with Crippen LogP contribution in [0.15, 0.2) is 6.20 Å². The number of rotatable bonds is 4. The van der Waals surface area contributed by atoms with Crippen LogP contribution in [0.4, 0.5) is 10.1 Å². The Hall–Kier alpha value is -0.770. The van der Waals surface area contributed by atoms with Gasteiger partial charge in [0.05, 0.1) is 6.20 Å². The Bertz CT molecular complexity index is 279. The van der Waals surface area contributed by atoms with E-state index in [1.807, 2.05) is 0 Å². The minimum absolute atomic E-state index is 0.786. The Balaban J connectivity index is 1.67. The molecule has 0 bridgehead atoms. The lowest BCUT2D eigenvalue weighted by atomic mass is 10.0. The van der Waals surface area contributed by atoms with Crippen molar-refractivity contribution in [2.75, 3.05) is 17.6 Å². The zero-order valence-corrected chi connectivity index (χ0v) is 9.15. The molecular weight excluding hydrogens is 194 g/mol. The summed E-state index contributed by atoms with van der Waals surface area (Å²) in [7, 11) is 0. The molecule has 0 aliphatic heterocycles. The second-order valence-corrected chi connectivity index (χ2v) is 5.00. The van der Waals surface area contributed by atoms with Gasteiger partial charge < -0.3 is 11.1 Å². The van der Waals surface area contributed by atoms with Crippen molar-refractivity contribution < 1.29 is 0 Å². The van der Waals surface area contributed by atoms with Crippen molar-refractivity contribution in [2.24, 2.45) is 5.92 Å². The highest BCUT2D eigenvalue weighted by molar-refractivity contribution is 7.19. The fraction of sp³-hybridized carbons (Fsp3) is 0.700. The van der Waals surface area contributed by atoms with Gasteiger partial charge in [-0.2, -0.15) is 0 Å².